The molecule has 3 unspecified atom stereocenters. The van der Waals surface area contributed by atoms with Crippen molar-refractivity contribution in [3.63, 3.8) is 0 Å². The SMILES string of the molecule is CC1C=C2CCC23CCCC1C3. The molecule has 66 valence electrons. The normalized spacial score (nSPS) is 50.6. The summed E-state index contributed by atoms with van der Waals surface area (Å²) in [5, 5.41) is 0. The number of rotatable bonds is 0. The van der Waals surface area contributed by atoms with Crippen LogP contribution in [-0.4, -0.2) is 0 Å². The van der Waals surface area contributed by atoms with E-state index in [9.17, 15) is 0 Å². The first kappa shape index (κ1) is 7.17. The molecule has 0 radical (unpaired) electrons. The first-order valence-corrected chi connectivity index (χ1v) is 5.51. The highest BCUT2D eigenvalue weighted by Crippen LogP contribution is 2.61. The lowest BCUT2D eigenvalue weighted by atomic mass is 9.50. The maximum absolute atomic E-state index is 2.61. The fourth-order valence-corrected chi connectivity index (χ4v) is 3.71. The zero-order chi connectivity index (χ0) is 8.18. The van der Waals surface area contributed by atoms with E-state index in [1.54, 1.807) is 6.42 Å². The molecule has 3 atom stereocenters. The van der Waals surface area contributed by atoms with Crippen LogP contribution in [0.15, 0.2) is 11.6 Å². The molecule has 0 aromatic heterocycles. The maximum Gasteiger partial charge on any atom is -0.00821 e. The van der Waals surface area contributed by atoms with Gasteiger partial charge in [-0.05, 0) is 49.4 Å². The molecule has 0 aromatic carbocycles. The Morgan fingerprint density at radius 1 is 1.42 bits per heavy atom. The molecular weight excluding hydrogens is 144 g/mol. The summed E-state index contributed by atoms with van der Waals surface area (Å²) in [4.78, 5) is 0. The summed E-state index contributed by atoms with van der Waals surface area (Å²) in [6, 6.07) is 0. The minimum Gasteiger partial charge on any atom is -0.0817 e. The van der Waals surface area contributed by atoms with Crippen LogP contribution >= 0.6 is 0 Å². The number of hydrogen-bond acceptors (Lipinski definition) is 0. The summed E-state index contributed by atoms with van der Waals surface area (Å²) in [5.74, 6) is 1.94. The second-order valence-corrected chi connectivity index (χ2v) is 5.19. The average Bonchev–Trinajstić information content (AvgIpc) is 2.10. The number of fused-ring (bicyclic) bond motifs is 1. The largest absolute Gasteiger partial charge is 0.0817 e. The molecule has 3 aliphatic rings. The molecule has 3 aliphatic carbocycles. The lowest BCUT2D eigenvalue weighted by Gasteiger charge is -2.54. The van der Waals surface area contributed by atoms with Crippen LogP contribution in [0.2, 0.25) is 0 Å². The molecule has 0 amide bonds. The Kier molecular flexibility index (Phi) is 1.29. The van der Waals surface area contributed by atoms with Gasteiger partial charge in [0.15, 0.2) is 0 Å². The van der Waals surface area contributed by atoms with Gasteiger partial charge in [-0.1, -0.05) is 25.0 Å². The summed E-state index contributed by atoms with van der Waals surface area (Å²) in [6.45, 7) is 2.42. The summed E-state index contributed by atoms with van der Waals surface area (Å²) in [5.41, 5.74) is 2.60. The topological polar surface area (TPSA) is 0 Å². The highest BCUT2D eigenvalue weighted by molar-refractivity contribution is 5.28. The van der Waals surface area contributed by atoms with Crippen LogP contribution in [0.5, 0.6) is 0 Å². The van der Waals surface area contributed by atoms with E-state index in [0.717, 1.165) is 17.3 Å². The van der Waals surface area contributed by atoms with Gasteiger partial charge in [-0.25, -0.2) is 0 Å². The van der Waals surface area contributed by atoms with E-state index in [4.69, 9.17) is 0 Å². The Bertz CT molecular complexity index is 238. The summed E-state index contributed by atoms with van der Waals surface area (Å²) in [6.07, 6.45) is 11.6. The van der Waals surface area contributed by atoms with Crippen LogP contribution in [-0.2, 0) is 0 Å². The molecule has 0 N–H and O–H groups in total. The van der Waals surface area contributed by atoms with E-state index in [2.05, 4.69) is 13.0 Å². The molecule has 2 fully saturated rings. The first-order valence-electron chi connectivity index (χ1n) is 5.51. The second-order valence-electron chi connectivity index (χ2n) is 5.19. The second kappa shape index (κ2) is 2.16. The van der Waals surface area contributed by atoms with Crippen molar-refractivity contribution in [3.8, 4) is 0 Å². The Morgan fingerprint density at radius 3 is 3.08 bits per heavy atom. The van der Waals surface area contributed by atoms with Gasteiger partial charge in [-0.2, -0.15) is 0 Å². The van der Waals surface area contributed by atoms with E-state index in [1.807, 2.05) is 5.57 Å². The molecule has 3 rings (SSSR count). The average molecular weight is 162 g/mol. The number of allylic oxidation sites excluding steroid dienone is 2. The molecule has 2 bridgehead atoms. The highest BCUT2D eigenvalue weighted by Gasteiger charge is 2.48. The zero-order valence-electron chi connectivity index (χ0n) is 7.97. The van der Waals surface area contributed by atoms with Crippen LogP contribution in [0.3, 0.4) is 0 Å². The Morgan fingerprint density at radius 2 is 2.33 bits per heavy atom. The molecule has 0 heterocycles. The van der Waals surface area contributed by atoms with Gasteiger partial charge in [-0.15, -0.1) is 0 Å². The van der Waals surface area contributed by atoms with Crippen LogP contribution in [0.25, 0.3) is 0 Å². The monoisotopic (exact) mass is 162 g/mol. The first-order chi connectivity index (χ1) is 5.80. The molecule has 1 spiro atoms. The Balaban J connectivity index is 2.00. The quantitative estimate of drug-likeness (QED) is 0.478. The molecule has 0 aromatic rings. The van der Waals surface area contributed by atoms with Crippen molar-refractivity contribution in [2.24, 2.45) is 17.3 Å². The zero-order valence-corrected chi connectivity index (χ0v) is 7.97. The van der Waals surface area contributed by atoms with Gasteiger partial charge in [0.25, 0.3) is 0 Å². The smallest absolute Gasteiger partial charge is 0.00821 e. The van der Waals surface area contributed by atoms with Crippen molar-refractivity contribution in [1.29, 1.82) is 0 Å². The molecule has 0 heteroatoms. The predicted molar refractivity (Wildman–Crippen MR) is 50.9 cm³/mol. The Labute approximate surface area is 75.0 Å². The molecule has 0 saturated heterocycles. The molecule has 0 nitrogen and oxygen atoms in total. The molecule has 12 heavy (non-hydrogen) atoms. The highest BCUT2D eigenvalue weighted by atomic mass is 14.5. The summed E-state index contributed by atoms with van der Waals surface area (Å²) in [7, 11) is 0. The van der Waals surface area contributed by atoms with Crippen molar-refractivity contribution < 1.29 is 0 Å². The minimum atomic E-state index is 0.759. The molecule has 2 saturated carbocycles. The van der Waals surface area contributed by atoms with Crippen LogP contribution in [0.4, 0.5) is 0 Å². The van der Waals surface area contributed by atoms with Gasteiger partial charge in [0.05, 0.1) is 0 Å². The number of hydrogen-bond donors (Lipinski definition) is 0. The third-order valence-electron chi connectivity index (χ3n) is 4.64. The summed E-state index contributed by atoms with van der Waals surface area (Å²) >= 11 is 0. The van der Waals surface area contributed by atoms with Crippen molar-refractivity contribution in [1.82, 2.24) is 0 Å². The lowest BCUT2D eigenvalue weighted by Crippen LogP contribution is -2.42. The fourth-order valence-electron chi connectivity index (χ4n) is 3.71. The minimum absolute atomic E-state index is 0.759. The van der Waals surface area contributed by atoms with E-state index >= 15 is 0 Å². The van der Waals surface area contributed by atoms with Crippen LogP contribution < -0.4 is 0 Å². The third kappa shape index (κ3) is 0.739. The van der Waals surface area contributed by atoms with Gasteiger partial charge in [0, 0.05) is 0 Å². The van der Waals surface area contributed by atoms with E-state index in [0.29, 0.717) is 0 Å². The molecule has 0 aliphatic heterocycles. The van der Waals surface area contributed by atoms with Gasteiger partial charge in [-0.3, -0.25) is 0 Å². The van der Waals surface area contributed by atoms with E-state index < -0.39 is 0 Å². The van der Waals surface area contributed by atoms with Gasteiger partial charge in [0.1, 0.15) is 0 Å². The van der Waals surface area contributed by atoms with Crippen molar-refractivity contribution >= 4 is 0 Å². The van der Waals surface area contributed by atoms with Crippen molar-refractivity contribution in [2.75, 3.05) is 0 Å². The lowest BCUT2D eigenvalue weighted by molar-refractivity contribution is 0.0792. The van der Waals surface area contributed by atoms with Gasteiger partial charge < -0.3 is 0 Å². The molecular formula is C12H18. The van der Waals surface area contributed by atoms with Crippen molar-refractivity contribution in [3.05, 3.63) is 11.6 Å². The third-order valence-corrected chi connectivity index (χ3v) is 4.64. The standard InChI is InChI=1S/C12H18/c1-9-7-11-4-6-12(11)5-2-3-10(9)8-12/h7,9-10H,2-6,8H2,1H3. The fraction of sp³-hybridized carbons (Fsp3) is 0.833. The van der Waals surface area contributed by atoms with Crippen LogP contribution in [0.1, 0.15) is 45.4 Å². The summed E-state index contributed by atoms with van der Waals surface area (Å²) < 4.78 is 0. The van der Waals surface area contributed by atoms with E-state index in [-0.39, 0.29) is 0 Å². The van der Waals surface area contributed by atoms with Gasteiger partial charge in [0.2, 0.25) is 0 Å². The van der Waals surface area contributed by atoms with E-state index in [1.165, 1.54) is 32.1 Å². The van der Waals surface area contributed by atoms with Crippen LogP contribution in [0, 0.1) is 17.3 Å². The maximum atomic E-state index is 2.61. The van der Waals surface area contributed by atoms with Crippen molar-refractivity contribution in [2.45, 2.75) is 45.4 Å². The van der Waals surface area contributed by atoms with Gasteiger partial charge >= 0.3 is 0 Å². The predicted octanol–water partition coefficient (Wildman–Crippen LogP) is 3.53. The Hall–Kier alpha value is -0.260.